The number of hydrogen-bond acceptors (Lipinski definition) is 5. The molecule has 5 atom stereocenters. The van der Waals surface area contributed by atoms with Crippen LogP contribution in [0.3, 0.4) is 0 Å². The Morgan fingerprint density at radius 3 is 2.51 bits per heavy atom. The minimum atomic E-state index is -0.859. The number of nitrogens with zero attached hydrogens (tertiary/aromatic N) is 1. The lowest BCUT2D eigenvalue weighted by Gasteiger charge is -2.49. The minimum absolute atomic E-state index is 0.00514. The fourth-order valence-electron chi connectivity index (χ4n) is 7.79. The van der Waals surface area contributed by atoms with E-state index in [4.69, 9.17) is 9.47 Å². The van der Waals surface area contributed by atoms with Gasteiger partial charge < -0.3 is 19.4 Å². The van der Waals surface area contributed by atoms with Gasteiger partial charge in [-0.05, 0) is 56.5 Å². The zero-order valence-electron chi connectivity index (χ0n) is 22.9. The van der Waals surface area contributed by atoms with E-state index in [-0.39, 0.29) is 36.0 Å². The van der Waals surface area contributed by atoms with Crippen LogP contribution < -0.4 is 10.6 Å². The second kappa shape index (κ2) is 8.49. The maximum atomic E-state index is 13.6. The third-order valence-electron chi connectivity index (χ3n) is 9.34. The summed E-state index contributed by atoms with van der Waals surface area (Å²) in [7, 11) is 3.72. The number of hydrogen-bond donors (Lipinski definition) is 2. The van der Waals surface area contributed by atoms with Crippen molar-refractivity contribution < 1.29 is 19.1 Å². The molecule has 4 aromatic rings. The van der Waals surface area contributed by atoms with Crippen LogP contribution in [0.4, 0.5) is 0 Å². The van der Waals surface area contributed by atoms with Crippen LogP contribution in [-0.4, -0.2) is 48.8 Å². The van der Waals surface area contributed by atoms with Crippen LogP contribution in [0.5, 0.6) is 0 Å². The van der Waals surface area contributed by atoms with Crippen molar-refractivity contribution >= 4 is 33.6 Å². The van der Waals surface area contributed by atoms with Crippen LogP contribution in [0.15, 0.2) is 48.5 Å². The summed E-state index contributed by atoms with van der Waals surface area (Å²) in [5.41, 5.74) is 5.97. The molecule has 2 bridgehead atoms. The van der Waals surface area contributed by atoms with E-state index in [0.717, 1.165) is 56.9 Å². The van der Waals surface area contributed by atoms with Gasteiger partial charge in [0.2, 0.25) is 0 Å². The van der Waals surface area contributed by atoms with Crippen LogP contribution >= 0.6 is 0 Å². The Morgan fingerprint density at radius 1 is 1.08 bits per heavy atom. The van der Waals surface area contributed by atoms with Crippen molar-refractivity contribution in [2.45, 2.75) is 63.5 Å². The maximum absolute atomic E-state index is 13.6. The smallest absolute Gasteiger partial charge is 0.259 e. The largest absolute Gasteiger partial charge is 0.375 e. The number of imide groups is 1. The van der Waals surface area contributed by atoms with E-state index in [9.17, 15) is 9.59 Å². The molecule has 7 nitrogen and oxygen atoms in total. The SMILES string of the molecule is CCC1c2c(-c3ccccc3C)c3c(c4c5ccccc5n(c24)C2(C)OC1CC(NC)C2OC)C(=O)NC3=O. The number of rotatable bonds is 4. The highest BCUT2D eigenvalue weighted by Crippen LogP contribution is 2.55. The molecule has 3 aliphatic rings. The molecule has 4 heterocycles. The molecule has 2 amide bonds. The first-order chi connectivity index (χ1) is 18.8. The maximum Gasteiger partial charge on any atom is 0.259 e. The Labute approximate surface area is 227 Å². The summed E-state index contributed by atoms with van der Waals surface area (Å²) < 4.78 is 15.6. The van der Waals surface area contributed by atoms with Gasteiger partial charge in [0.1, 0.15) is 6.10 Å². The molecule has 3 aliphatic heterocycles. The van der Waals surface area contributed by atoms with E-state index in [1.165, 1.54) is 0 Å². The summed E-state index contributed by atoms with van der Waals surface area (Å²) in [6.07, 6.45) is 1.18. The molecule has 200 valence electrons. The second-order valence-electron chi connectivity index (χ2n) is 11.2. The fourth-order valence-corrected chi connectivity index (χ4v) is 7.79. The molecule has 1 fully saturated rings. The summed E-state index contributed by atoms with van der Waals surface area (Å²) in [5.74, 6) is -0.684. The number of aromatic nitrogens is 1. The van der Waals surface area contributed by atoms with E-state index in [2.05, 4.69) is 54.2 Å². The van der Waals surface area contributed by atoms with Crippen LogP contribution in [0.1, 0.15) is 64.4 Å². The number of aryl methyl sites for hydroxylation is 1. The van der Waals surface area contributed by atoms with Gasteiger partial charge in [-0.2, -0.15) is 0 Å². The number of likely N-dealkylation sites (N-methyl/N-ethyl adjacent to an activating group) is 1. The highest BCUT2D eigenvalue weighted by atomic mass is 16.6. The lowest BCUT2D eigenvalue weighted by molar-refractivity contribution is -0.242. The molecule has 0 aliphatic carbocycles. The average molecular weight is 524 g/mol. The Kier molecular flexibility index (Phi) is 5.34. The lowest BCUT2D eigenvalue weighted by Crippen LogP contribution is -2.61. The molecule has 3 aromatic carbocycles. The number of amides is 2. The fraction of sp³-hybridized carbons (Fsp3) is 0.375. The van der Waals surface area contributed by atoms with Crippen molar-refractivity contribution in [3.05, 3.63) is 70.8 Å². The summed E-state index contributed by atoms with van der Waals surface area (Å²) in [5, 5.41) is 7.91. The van der Waals surface area contributed by atoms with Gasteiger partial charge in [-0.1, -0.05) is 49.4 Å². The Hall–Kier alpha value is -3.52. The number of nitrogens with one attached hydrogen (secondary N) is 2. The van der Waals surface area contributed by atoms with Crippen molar-refractivity contribution in [1.82, 2.24) is 15.2 Å². The van der Waals surface area contributed by atoms with Gasteiger partial charge in [0.25, 0.3) is 11.8 Å². The molecule has 0 saturated carbocycles. The van der Waals surface area contributed by atoms with Crippen molar-refractivity contribution in [3.63, 3.8) is 0 Å². The number of para-hydroxylation sites is 1. The molecular weight excluding hydrogens is 490 g/mol. The second-order valence-corrected chi connectivity index (χ2v) is 11.2. The molecule has 1 saturated heterocycles. The predicted octanol–water partition coefficient (Wildman–Crippen LogP) is 5.23. The molecule has 7 rings (SSSR count). The van der Waals surface area contributed by atoms with Gasteiger partial charge in [0, 0.05) is 35.4 Å². The van der Waals surface area contributed by atoms with Crippen LogP contribution in [0.2, 0.25) is 0 Å². The Balaban J connectivity index is 1.78. The first-order valence-electron chi connectivity index (χ1n) is 13.8. The topological polar surface area (TPSA) is 81.6 Å². The number of benzene rings is 3. The number of ether oxygens (including phenoxy) is 2. The van der Waals surface area contributed by atoms with Crippen molar-refractivity contribution in [2.75, 3.05) is 14.2 Å². The highest BCUT2D eigenvalue weighted by molar-refractivity contribution is 6.33. The third kappa shape index (κ3) is 3.03. The van der Waals surface area contributed by atoms with Gasteiger partial charge in [0.15, 0.2) is 5.72 Å². The number of carbonyl (C=O) groups excluding carboxylic acids is 2. The molecule has 39 heavy (non-hydrogen) atoms. The van der Waals surface area contributed by atoms with Crippen molar-refractivity contribution in [2.24, 2.45) is 0 Å². The molecule has 0 radical (unpaired) electrons. The summed E-state index contributed by atoms with van der Waals surface area (Å²) in [4.78, 5) is 27.2. The summed E-state index contributed by atoms with van der Waals surface area (Å²) in [6, 6.07) is 16.3. The van der Waals surface area contributed by atoms with Gasteiger partial charge >= 0.3 is 0 Å². The zero-order valence-corrected chi connectivity index (χ0v) is 22.9. The first kappa shape index (κ1) is 24.5. The van der Waals surface area contributed by atoms with Crippen molar-refractivity contribution in [3.8, 4) is 11.1 Å². The van der Waals surface area contributed by atoms with E-state index >= 15 is 0 Å². The van der Waals surface area contributed by atoms with E-state index < -0.39 is 5.72 Å². The van der Waals surface area contributed by atoms with Crippen LogP contribution in [-0.2, 0) is 15.2 Å². The number of methoxy groups -OCH3 is 1. The number of fused-ring (bicyclic) bond motifs is 8. The molecule has 2 N–H and O–H groups in total. The molecule has 0 spiro atoms. The van der Waals surface area contributed by atoms with Crippen molar-refractivity contribution in [1.29, 1.82) is 0 Å². The standard InChI is InChI=1S/C32H33N3O4/c1-6-17-22-15-20(33-4)29(38-5)32(3,39-22)35-21-14-10-9-13-19(21)25-27-26(30(36)34-31(27)37)23(24(17)28(25)35)18-12-8-7-11-16(18)2/h7-14,17,20,22,29,33H,6,15H2,1-5H3,(H,34,36,37). The minimum Gasteiger partial charge on any atom is -0.375 e. The summed E-state index contributed by atoms with van der Waals surface area (Å²) in [6.45, 7) is 6.36. The van der Waals surface area contributed by atoms with E-state index in [1.807, 2.05) is 37.4 Å². The van der Waals surface area contributed by atoms with Gasteiger partial charge in [-0.3, -0.25) is 14.9 Å². The van der Waals surface area contributed by atoms with Crippen LogP contribution in [0, 0.1) is 6.92 Å². The number of carbonyl (C=O) groups is 2. The Bertz CT molecular complexity index is 1710. The highest BCUT2D eigenvalue weighted by Gasteiger charge is 2.54. The van der Waals surface area contributed by atoms with Gasteiger partial charge in [-0.15, -0.1) is 0 Å². The summed E-state index contributed by atoms with van der Waals surface area (Å²) >= 11 is 0. The lowest BCUT2D eigenvalue weighted by atomic mass is 9.77. The first-order valence-corrected chi connectivity index (χ1v) is 13.8. The monoisotopic (exact) mass is 523 g/mol. The molecule has 1 aromatic heterocycles. The van der Waals surface area contributed by atoms with E-state index in [0.29, 0.717) is 11.1 Å². The average Bonchev–Trinajstić information content (AvgIpc) is 3.40. The Morgan fingerprint density at radius 2 is 1.79 bits per heavy atom. The van der Waals surface area contributed by atoms with Crippen LogP contribution in [0.25, 0.3) is 32.9 Å². The zero-order chi connectivity index (χ0) is 27.2. The quantitative estimate of drug-likeness (QED) is 0.358. The van der Waals surface area contributed by atoms with Gasteiger partial charge in [-0.25, -0.2) is 0 Å². The normalized spacial score (nSPS) is 27.6. The predicted molar refractivity (Wildman–Crippen MR) is 151 cm³/mol. The molecule has 7 heteroatoms. The molecular formula is C32H33N3O4. The van der Waals surface area contributed by atoms with E-state index in [1.54, 1.807) is 7.11 Å². The third-order valence-corrected chi connectivity index (χ3v) is 9.34. The van der Waals surface area contributed by atoms with Gasteiger partial charge in [0.05, 0.1) is 28.3 Å². The molecule has 5 unspecified atom stereocenters.